The van der Waals surface area contributed by atoms with Gasteiger partial charge in [0.15, 0.2) is 11.5 Å². The van der Waals surface area contributed by atoms with E-state index in [1.165, 1.54) is 12.5 Å². The fraction of sp³-hybridized carbons (Fsp3) is 0.562. The number of hydrogen-bond acceptors (Lipinski definition) is 6. The van der Waals surface area contributed by atoms with Gasteiger partial charge in [0, 0.05) is 26.1 Å². The molecule has 0 bridgehead atoms. The highest BCUT2D eigenvalue weighted by molar-refractivity contribution is 6.01. The van der Waals surface area contributed by atoms with Crippen molar-refractivity contribution in [2.75, 3.05) is 19.6 Å². The van der Waals surface area contributed by atoms with Crippen LogP contribution in [0.5, 0.6) is 11.5 Å². The van der Waals surface area contributed by atoms with Crippen LogP contribution in [0.25, 0.3) is 0 Å². The average molecular weight is 322 g/mol. The molecule has 0 saturated carbocycles. The number of nitrogens with zero attached hydrogens (tertiary/aromatic N) is 2. The molecule has 2 rings (SSSR count). The zero-order chi connectivity index (χ0) is 17.1. The fourth-order valence-corrected chi connectivity index (χ4v) is 3.35. The molecule has 2 N–H and O–H groups in total. The molecule has 0 radical (unpaired) electrons. The summed E-state index contributed by atoms with van der Waals surface area (Å²) in [7, 11) is 0. The number of hydrogen-bond donors (Lipinski definition) is 2. The maximum absolute atomic E-state index is 12.3. The third-order valence-electron chi connectivity index (χ3n) is 4.21. The molecule has 1 aromatic carbocycles. The Bertz CT molecular complexity index is 607. The maximum atomic E-state index is 12.3. The van der Waals surface area contributed by atoms with Gasteiger partial charge in [0.1, 0.15) is 0 Å². The van der Waals surface area contributed by atoms with Gasteiger partial charge in [-0.05, 0) is 30.4 Å². The molecule has 1 aromatic rings. The summed E-state index contributed by atoms with van der Waals surface area (Å²) in [5.41, 5.74) is -0.890. The first kappa shape index (κ1) is 17.2. The summed E-state index contributed by atoms with van der Waals surface area (Å²) >= 11 is 0. The predicted octanol–water partition coefficient (Wildman–Crippen LogP) is 2.56. The largest absolute Gasteiger partial charge is 0.504 e. The zero-order valence-electron chi connectivity index (χ0n) is 13.4. The molecule has 1 fully saturated rings. The van der Waals surface area contributed by atoms with E-state index in [0.717, 1.165) is 19.2 Å². The molecule has 1 heterocycles. The highest BCUT2D eigenvalue weighted by atomic mass is 16.6. The minimum absolute atomic E-state index is 0.143. The molecule has 2 atom stereocenters. The van der Waals surface area contributed by atoms with Gasteiger partial charge in [-0.2, -0.15) is 0 Å². The molecule has 0 spiro atoms. The Balaban J connectivity index is 2.09. The summed E-state index contributed by atoms with van der Waals surface area (Å²) in [5, 5.41) is 30.1. The molecule has 23 heavy (non-hydrogen) atoms. The second-order valence-electron chi connectivity index (χ2n) is 6.47. The first-order valence-electron chi connectivity index (χ1n) is 7.74. The molecular formula is C16H22N2O5. The van der Waals surface area contributed by atoms with Gasteiger partial charge in [-0.25, -0.2) is 0 Å². The van der Waals surface area contributed by atoms with E-state index in [9.17, 15) is 25.1 Å². The van der Waals surface area contributed by atoms with Crippen LogP contribution in [0.1, 0.15) is 37.0 Å². The lowest BCUT2D eigenvalue weighted by Gasteiger charge is -2.34. The zero-order valence-corrected chi connectivity index (χ0v) is 13.4. The van der Waals surface area contributed by atoms with E-state index in [2.05, 4.69) is 18.7 Å². The number of phenolic OH excluding ortho intramolecular Hbond substituents is 2. The summed E-state index contributed by atoms with van der Waals surface area (Å²) < 4.78 is 0. The van der Waals surface area contributed by atoms with Crippen molar-refractivity contribution in [1.29, 1.82) is 0 Å². The number of likely N-dealkylation sites (tertiary alicyclic amines) is 1. The fourth-order valence-electron chi connectivity index (χ4n) is 3.35. The van der Waals surface area contributed by atoms with E-state index in [1.807, 2.05) is 0 Å². The Hall–Kier alpha value is -2.15. The highest BCUT2D eigenvalue weighted by Gasteiger charge is 2.28. The number of aromatic hydroxyl groups is 2. The maximum Gasteiger partial charge on any atom is 0.325 e. The number of carbonyl (C=O) groups excluding carboxylic acids is 1. The summed E-state index contributed by atoms with van der Waals surface area (Å²) in [6.45, 7) is 6.72. The molecule has 126 valence electrons. The van der Waals surface area contributed by atoms with E-state index in [1.54, 1.807) is 0 Å². The van der Waals surface area contributed by atoms with Gasteiger partial charge in [-0.1, -0.05) is 13.8 Å². The van der Waals surface area contributed by atoms with Gasteiger partial charge in [0.2, 0.25) is 5.75 Å². The number of benzene rings is 1. The molecule has 0 aliphatic carbocycles. The lowest BCUT2D eigenvalue weighted by molar-refractivity contribution is -0.386. The van der Waals surface area contributed by atoms with Crippen molar-refractivity contribution in [2.45, 2.75) is 26.7 Å². The lowest BCUT2D eigenvalue weighted by atomic mass is 9.91. The first-order valence-corrected chi connectivity index (χ1v) is 7.74. The summed E-state index contributed by atoms with van der Waals surface area (Å²) in [4.78, 5) is 24.7. The van der Waals surface area contributed by atoms with Gasteiger partial charge in [0.05, 0.1) is 10.5 Å². The molecule has 2 unspecified atom stereocenters. The Morgan fingerprint density at radius 2 is 1.91 bits per heavy atom. The molecule has 7 nitrogen and oxygen atoms in total. The van der Waals surface area contributed by atoms with Crippen LogP contribution in [0.3, 0.4) is 0 Å². The monoisotopic (exact) mass is 322 g/mol. The van der Waals surface area contributed by atoms with Crippen molar-refractivity contribution in [3.05, 3.63) is 27.8 Å². The second kappa shape index (κ2) is 6.95. The van der Waals surface area contributed by atoms with E-state index < -0.39 is 27.9 Å². The van der Waals surface area contributed by atoms with E-state index >= 15 is 0 Å². The van der Waals surface area contributed by atoms with Gasteiger partial charge in [0.25, 0.3) is 0 Å². The van der Waals surface area contributed by atoms with Gasteiger partial charge in [-0.3, -0.25) is 14.9 Å². The van der Waals surface area contributed by atoms with Crippen molar-refractivity contribution < 1.29 is 19.9 Å². The molecule has 1 aliphatic rings. The number of ketones is 1. The number of carbonyl (C=O) groups is 1. The molecule has 0 aromatic heterocycles. The lowest BCUT2D eigenvalue weighted by Crippen LogP contribution is -2.39. The summed E-state index contributed by atoms with van der Waals surface area (Å²) in [5.74, 6) is -0.729. The van der Waals surface area contributed by atoms with Crippen molar-refractivity contribution in [3.8, 4) is 11.5 Å². The number of nitro benzene ring substituents is 1. The Kier molecular flexibility index (Phi) is 5.20. The first-order chi connectivity index (χ1) is 10.8. The molecule has 7 heteroatoms. The number of rotatable bonds is 5. The third kappa shape index (κ3) is 3.98. The number of piperidine rings is 1. The van der Waals surface area contributed by atoms with Gasteiger partial charge >= 0.3 is 5.69 Å². The van der Waals surface area contributed by atoms with Crippen molar-refractivity contribution in [3.63, 3.8) is 0 Å². The second-order valence-corrected chi connectivity index (χ2v) is 6.47. The number of Topliss-reactive ketones (excluding diaryl/α,β-unsaturated/α-hetero) is 1. The van der Waals surface area contributed by atoms with Crippen molar-refractivity contribution in [1.82, 2.24) is 4.90 Å². The minimum Gasteiger partial charge on any atom is -0.504 e. The smallest absolute Gasteiger partial charge is 0.325 e. The summed E-state index contributed by atoms with van der Waals surface area (Å²) in [6.07, 6.45) is 1.31. The van der Waals surface area contributed by atoms with Crippen LogP contribution in [-0.2, 0) is 0 Å². The molecule has 1 aliphatic heterocycles. The molecular weight excluding hydrogens is 300 g/mol. The normalized spacial score (nSPS) is 22.0. The Morgan fingerprint density at radius 3 is 2.48 bits per heavy atom. The van der Waals surface area contributed by atoms with Crippen LogP contribution < -0.4 is 0 Å². The van der Waals surface area contributed by atoms with Crippen molar-refractivity contribution >= 4 is 11.5 Å². The molecule has 1 saturated heterocycles. The standard InChI is InChI=1S/C16H22N2O5/c1-10-7-11(2)9-17(8-10)6-5-13(19)12-3-4-14(20)16(21)15(12)18(22)23/h3-4,10-11,20-21H,5-9H2,1-2H3. The Labute approximate surface area is 134 Å². The van der Waals surface area contributed by atoms with Gasteiger partial charge < -0.3 is 15.1 Å². The van der Waals surface area contributed by atoms with E-state index in [0.29, 0.717) is 18.4 Å². The number of phenols is 2. The third-order valence-corrected chi connectivity index (χ3v) is 4.21. The Morgan fingerprint density at radius 1 is 1.30 bits per heavy atom. The van der Waals surface area contributed by atoms with E-state index in [4.69, 9.17) is 0 Å². The number of nitro groups is 1. The van der Waals surface area contributed by atoms with Crippen LogP contribution in [-0.4, -0.2) is 45.5 Å². The highest BCUT2D eigenvalue weighted by Crippen LogP contribution is 2.38. The summed E-state index contributed by atoms with van der Waals surface area (Å²) in [6, 6.07) is 2.29. The van der Waals surface area contributed by atoms with Gasteiger partial charge in [-0.15, -0.1) is 0 Å². The van der Waals surface area contributed by atoms with Crippen LogP contribution in [0, 0.1) is 22.0 Å². The van der Waals surface area contributed by atoms with Crippen LogP contribution in [0.15, 0.2) is 12.1 Å². The van der Waals surface area contributed by atoms with Crippen LogP contribution in [0.2, 0.25) is 0 Å². The van der Waals surface area contributed by atoms with Crippen molar-refractivity contribution in [2.24, 2.45) is 11.8 Å². The quantitative estimate of drug-likeness (QED) is 0.374. The average Bonchev–Trinajstić information content (AvgIpc) is 2.46. The molecule has 0 amide bonds. The predicted molar refractivity (Wildman–Crippen MR) is 84.8 cm³/mol. The van der Waals surface area contributed by atoms with Crippen LogP contribution in [0.4, 0.5) is 5.69 Å². The van der Waals surface area contributed by atoms with Crippen LogP contribution >= 0.6 is 0 Å². The topological polar surface area (TPSA) is 104 Å². The minimum atomic E-state index is -0.860. The van der Waals surface area contributed by atoms with E-state index in [-0.39, 0.29) is 12.0 Å². The SMILES string of the molecule is CC1CC(C)CN(CCC(=O)c2ccc(O)c(O)c2[N+](=O)[O-])C1.